The van der Waals surface area contributed by atoms with Crippen LogP contribution in [0.2, 0.25) is 0 Å². The van der Waals surface area contributed by atoms with E-state index in [1.54, 1.807) is 0 Å². The summed E-state index contributed by atoms with van der Waals surface area (Å²) in [5.41, 5.74) is 1.29. The number of hydrogen-bond donors (Lipinski definition) is 2. The van der Waals surface area contributed by atoms with E-state index in [1.165, 1.54) is 5.56 Å². The largest absolute Gasteiger partial charge is 0.396 e. The number of hydrogen-bond acceptors (Lipinski definition) is 2. The lowest BCUT2D eigenvalue weighted by molar-refractivity contribution is 0.286. The van der Waals surface area contributed by atoms with E-state index >= 15 is 0 Å². The normalized spacial score (nSPS) is 9.31. The maximum Gasteiger partial charge on any atom is 0.0443 e. The van der Waals surface area contributed by atoms with E-state index in [2.05, 4.69) is 17.4 Å². The molecule has 0 bridgehead atoms. The molecule has 0 spiro atoms. The SMILES string of the molecule is Br.OCCCNCc1ccccc1. The molecule has 0 saturated carbocycles. The highest BCUT2D eigenvalue weighted by Gasteiger charge is 1.89. The first kappa shape index (κ1) is 12.6. The molecule has 0 aliphatic heterocycles. The summed E-state index contributed by atoms with van der Waals surface area (Å²) in [6, 6.07) is 10.3. The third-order valence-electron chi connectivity index (χ3n) is 1.68. The van der Waals surface area contributed by atoms with Gasteiger partial charge in [0.15, 0.2) is 0 Å². The molecule has 0 aliphatic rings. The van der Waals surface area contributed by atoms with Gasteiger partial charge in [-0.3, -0.25) is 0 Å². The van der Waals surface area contributed by atoms with Crippen LogP contribution in [-0.4, -0.2) is 18.3 Å². The quantitative estimate of drug-likeness (QED) is 0.775. The van der Waals surface area contributed by atoms with E-state index in [4.69, 9.17) is 5.11 Å². The highest BCUT2D eigenvalue weighted by Crippen LogP contribution is 1.96. The molecule has 2 N–H and O–H groups in total. The molecule has 1 aromatic carbocycles. The number of rotatable bonds is 5. The van der Waals surface area contributed by atoms with Crippen molar-refractivity contribution in [3.8, 4) is 0 Å². The second-order valence-electron chi connectivity index (χ2n) is 2.74. The Hall–Kier alpha value is -0.380. The summed E-state index contributed by atoms with van der Waals surface area (Å²) in [5.74, 6) is 0. The third-order valence-corrected chi connectivity index (χ3v) is 1.68. The van der Waals surface area contributed by atoms with Crippen LogP contribution in [0.15, 0.2) is 30.3 Å². The zero-order chi connectivity index (χ0) is 8.65. The topological polar surface area (TPSA) is 32.3 Å². The standard InChI is InChI=1S/C10H15NO.BrH/c12-8-4-7-11-9-10-5-2-1-3-6-10;/h1-3,5-6,11-12H,4,7-9H2;1H. The Morgan fingerprint density at radius 1 is 1.15 bits per heavy atom. The Labute approximate surface area is 89.7 Å². The number of benzene rings is 1. The van der Waals surface area contributed by atoms with Crippen LogP contribution in [-0.2, 0) is 6.54 Å². The molecule has 74 valence electrons. The number of aliphatic hydroxyl groups is 1. The van der Waals surface area contributed by atoms with Gasteiger partial charge in [-0.2, -0.15) is 0 Å². The Balaban J connectivity index is 0.00000144. The average Bonchev–Trinajstić information content (AvgIpc) is 2.14. The van der Waals surface area contributed by atoms with Gasteiger partial charge in [-0.15, -0.1) is 17.0 Å². The van der Waals surface area contributed by atoms with E-state index in [0.29, 0.717) is 0 Å². The summed E-state index contributed by atoms with van der Waals surface area (Å²) in [6.07, 6.45) is 0.826. The molecule has 0 saturated heterocycles. The molecule has 0 heterocycles. The van der Waals surface area contributed by atoms with Gasteiger partial charge in [0, 0.05) is 13.2 Å². The lowest BCUT2D eigenvalue weighted by Crippen LogP contribution is -2.15. The van der Waals surface area contributed by atoms with Crippen molar-refractivity contribution in [1.82, 2.24) is 5.32 Å². The monoisotopic (exact) mass is 245 g/mol. The molecular formula is C10H16BrNO. The van der Waals surface area contributed by atoms with Gasteiger partial charge in [-0.25, -0.2) is 0 Å². The summed E-state index contributed by atoms with van der Waals surface area (Å²) in [6.45, 7) is 2.04. The van der Waals surface area contributed by atoms with E-state index in [9.17, 15) is 0 Å². The van der Waals surface area contributed by atoms with Crippen LogP contribution in [0.5, 0.6) is 0 Å². The highest BCUT2D eigenvalue weighted by atomic mass is 79.9. The lowest BCUT2D eigenvalue weighted by atomic mass is 10.2. The maximum atomic E-state index is 8.52. The van der Waals surface area contributed by atoms with E-state index < -0.39 is 0 Å². The second kappa shape index (κ2) is 8.23. The van der Waals surface area contributed by atoms with Crippen molar-refractivity contribution in [3.05, 3.63) is 35.9 Å². The molecule has 1 aromatic rings. The summed E-state index contributed by atoms with van der Waals surface area (Å²) in [5, 5.41) is 11.8. The first-order chi connectivity index (χ1) is 5.93. The minimum atomic E-state index is 0. The van der Waals surface area contributed by atoms with E-state index in [-0.39, 0.29) is 23.6 Å². The highest BCUT2D eigenvalue weighted by molar-refractivity contribution is 8.93. The summed E-state index contributed by atoms with van der Waals surface area (Å²) >= 11 is 0. The van der Waals surface area contributed by atoms with Crippen molar-refractivity contribution in [3.63, 3.8) is 0 Å². The summed E-state index contributed by atoms with van der Waals surface area (Å²) in [7, 11) is 0. The van der Waals surface area contributed by atoms with Crippen molar-refractivity contribution in [2.24, 2.45) is 0 Å². The van der Waals surface area contributed by atoms with Crippen molar-refractivity contribution >= 4 is 17.0 Å². The summed E-state index contributed by atoms with van der Waals surface area (Å²) < 4.78 is 0. The Morgan fingerprint density at radius 3 is 2.46 bits per heavy atom. The molecule has 1 rings (SSSR count). The molecular weight excluding hydrogens is 230 g/mol. The van der Waals surface area contributed by atoms with Gasteiger partial charge in [-0.05, 0) is 18.5 Å². The van der Waals surface area contributed by atoms with Gasteiger partial charge in [0.25, 0.3) is 0 Å². The van der Waals surface area contributed by atoms with Crippen molar-refractivity contribution < 1.29 is 5.11 Å². The van der Waals surface area contributed by atoms with Gasteiger partial charge in [0.1, 0.15) is 0 Å². The number of aliphatic hydroxyl groups excluding tert-OH is 1. The van der Waals surface area contributed by atoms with Gasteiger partial charge in [-0.1, -0.05) is 30.3 Å². The molecule has 2 nitrogen and oxygen atoms in total. The maximum absolute atomic E-state index is 8.52. The number of halogens is 1. The van der Waals surface area contributed by atoms with Gasteiger partial charge >= 0.3 is 0 Å². The van der Waals surface area contributed by atoms with Crippen LogP contribution >= 0.6 is 17.0 Å². The first-order valence-corrected chi connectivity index (χ1v) is 4.29. The van der Waals surface area contributed by atoms with Crippen LogP contribution in [0, 0.1) is 0 Å². The second-order valence-corrected chi connectivity index (χ2v) is 2.74. The molecule has 13 heavy (non-hydrogen) atoms. The van der Waals surface area contributed by atoms with Gasteiger partial charge in [0.05, 0.1) is 0 Å². The predicted molar refractivity (Wildman–Crippen MR) is 60.2 cm³/mol. The Bertz CT molecular complexity index is 203. The van der Waals surface area contributed by atoms with Gasteiger partial charge < -0.3 is 10.4 Å². The van der Waals surface area contributed by atoms with Crippen LogP contribution < -0.4 is 5.32 Å². The molecule has 0 unspecified atom stereocenters. The molecule has 3 heteroatoms. The zero-order valence-electron chi connectivity index (χ0n) is 7.57. The predicted octanol–water partition coefficient (Wildman–Crippen LogP) is 1.74. The Morgan fingerprint density at radius 2 is 1.85 bits per heavy atom. The van der Waals surface area contributed by atoms with Crippen molar-refractivity contribution in [2.75, 3.05) is 13.2 Å². The molecule has 0 fully saturated rings. The average molecular weight is 246 g/mol. The fourth-order valence-corrected chi connectivity index (χ4v) is 1.03. The fraction of sp³-hybridized carbons (Fsp3) is 0.400. The smallest absolute Gasteiger partial charge is 0.0443 e. The lowest BCUT2D eigenvalue weighted by Gasteiger charge is -2.02. The molecule has 0 aliphatic carbocycles. The molecule has 0 atom stereocenters. The van der Waals surface area contributed by atoms with Crippen molar-refractivity contribution in [1.29, 1.82) is 0 Å². The minimum Gasteiger partial charge on any atom is -0.396 e. The van der Waals surface area contributed by atoms with Crippen molar-refractivity contribution in [2.45, 2.75) is 13.0 Å². The molecule has 0 radical (unpaired) electrons. The Kier molecular flexibility index (Phi) is 7.99. The van der Waals surface area contributed by atoms with Crippen LogP contribution in [0.1, 0.15) is 12.0 Å². The molecule has 0 aromatic heterocycles. The van der Waals surface area contributed by atoms with Crippen LogP contribution in [0.4, 0.5) is 0 Å². The third kappa shape index (κ3) is 5.80. The van der Waals surface area contributed by atoms with E-state index in [0.717, 1.165) is 19.5 Å². The molecule has 0 amide bonds. The van der Waals surface area contributed by atoms with Gasteiger partial charge in [0.2, 0.25) is 0 Å². The van der Waals surface area contributed by atoms with Crippen LogP contribution in [0.25, 0.3) is 0 Å². The number of nitrogens with one attached hydrogen (secondary N) is 1. The van der Waals surface area contributed by atoms with Crippen LogP contribution in [0.3, 0.4) is 0 Å². The van der Waals surface area contributed by atoms with E-state index in [1.807, 2.05) is 18.2 Å². The minimum absolute atomic E-state index is 0. The summed E-state index contributed by atoms with van der Waals surface area (Å²) in [4.78, 5) is 0. The zero-order valence-corrected chi connectivity index (χ0v) is 9.28. The fourth-order valence-electron chi connectivity index (χ4n) is 1.03. The first-order valence-electron chi connectivity index (χ1n) is 4.29.